The molecular formula is C14H18BrIO. The summed E-state index contributed by atoms with van der Waals surface area (Å²) in [5.41, 5.74) is 1.05. The van der Waals surface area contributed by atoms with Gasteiger partial charge in [0.2, 0.25) is 0 Å². The van der Waals surface area contributed by atoms with Crippen molar-refractivity contribution in [1.29, 1.82) is 0 Å². The van der Waals surface area contributed by atoms with Crippen LogP contribution < -0.4 is 0 Å². The van der Waals surface area contributed by atoms with Crippen LogP contribution in [0, 0.1) is 15.4 Å². The van der Waals surface area contributed by atoms with Gasteiger partial charge in [-0.05, 0) is 71.0 Å². The van der Waals surface area contributed by atoms with Gasteiger partial charge in [-0.15, -0.1) is 0 Å². The molecule has 1 aliphatic carbocycles. The highest BCUT2D eigenvalue weighted by molar-refractivity contribution is 14.1. The Hall–Kier alpha value is 0.390. The van der Waals surface area contributed by atoms with Gasteiger partial charge in [-0.2, -0.15) is 0 Å². The molecule has 94 valence electrons. The average Bonchev–Trinajstić information content (AvgIpc) is 2.31. The fraction of sp³-hybridized carbons (Fsp3) is 0.571. The largest absolute Gasteiger partial charge is 0.388 e. The van der Waals surface area contributed by atoms with Crippen LogP contribution in [0.15, 0.2) is 22.7 Å². The van der Waals surface area contributed by atoms with Crippen molar-refractivity contribution < 1.29 is 5.11 Å². The molecule has 1 aromatic carbocycles. The van der Waals surface area contributed by atoms with Gasteiger partial charge in [0.05, 0.1) is 6.10 Å². The van der Waals surface area contributed by atoms with E-state index in [1.807, 2.05) is 6.07 Å². The van der Waals surface area contributed by atoms with Crippen molar-refractivity contribution in [2.45, 2.75) is 38.7 Å². The lowest BCUT2D eigenvalue weighted by Crippen LogP contribution is -2.20. The van der Waals surface area contributed by atoms with Crippen LogP contribution in [0.2, 0.25) is 0 Å². The van der Waals surface area contributed by atoms with Crippen LogP contribution in [-0.4, -0.2) is 5.11 Å². The van der Waals surface area contributed by atoms with E-state index in [2.05, 4.69) is 57.6 Å². The molecule has 1 fully saturated rings. The molecule has 0 aliphatic heterocycles. The van der Waals surface area contributed by atoms with Crippen LogP contribution in [0.3, 0.4) is 0 Å². The zero-order valence-corrected chi connectivity index (χ0v) is 13.7. The average molecular weight is 409 g/mol. The Bertz CT molecular complexity index is 394. The fourth-order valence-corrected chi connectivity index (χ4v) is 3.76. The van der Waals surface area contributed by atoms with Crippen molar-refractivity contribution in [3.05, 3.63) is 31.8 Å². The van der Waals surface area contributed by atoms with Crippen molar-refractivity contribution in [2.24, 2.45) is 11.8 Å². The number of halogens is 2. The molecule has 0 saturated heterocycles. The molecule has 17 heavy (non-hydrogen) atoms. The van der Waals surface area contributed by atoms with Crippen molar-refractivity contribution >= 4 is 38.5 Å². The topological polar surface area (TPSA) is 20.2 Å². The lowest BCUT2D eigenvalue weighted by Gasteiger charge is -2.31. The maximum atomic E-state index is 10.5. The van der Waals surface area contributed by atoms with Gasteiger partial charge in [0.15, 0.2) is 0 Å². The van der Waals surface area contributed by atoms with Crippen LogP contribution in [0.1, 0.15) is 44.3 Å². The highest BCUT2D eigenvalue weighted by Crippen LogP contribution is 2.39. The normalized spacial score (nSPS) is 26.8. The third-order valence-electron chi connectivity index (χ3n) is 3.70. The van der Waals surface area contributed by atoms with Crippen molar-refractivity contribution in [1.82, 2.24) is 0 Å². The second kappa shape index (κ2) is 6.02. The lowest BCUT2D eigenvalue weighted by atomic mass is 9.78. The third kappa shape index (κ3) is 3.44. The monoisotopic (exact) mass is 408 g/mol. The molecule has 0 spiro atoms. The van der Waals surface area contributed by atoms with Crippen molar-refractivity contribution in [3.8, 4) is 0 Å². The Labute approximate surface area is 125 Å². The smallest absolute Gasteiger partial charge is 0.0829 e. The first kappa shape index (κ1) is 13.8. The van der Waals surface area contributed by atoms with Gasteiger partial charge in [-0.25, -0.2) is 0 Å². The molecule has 3 atom stereocenters. The Morgan fingerprint density at radius 3 is 2.88 bits per heavy atom. The molecule has 1 aliphatic rings. The first-order valence-corrected chi connectivity index (χ1v) is 8.08. The Morgan fingerprint density at radius 1 is 1.41 bits per heavy atom. The van der Waals surface area contributed by atoms with Gasteiger partial charge in [-0.1, -0.05) is 35.7 Å². The molecule has 2 rings (SSSR count). The number of benzene rings is 1. The van der Waals surface area contributed by atoms with Gasteiger partial charge in [-0.3, -0.25) is 0 Å². The molecule has 3 heteroatoms. The SMILES string of the molecule is CC1CCCC(C(O)c2cc(I)ccc2Br)C1. The van der Waals surface area contributed by atoms with E-state index in [0.29, 0.717) is 5.92 Å². The lowest BCUT2D eigenvalue weighted by molar-refractivity contribution is 0.0708. The standard InChI is InChI=1S/C14H18BrIO/c1-9-3-2-4-10(7-9)14(17)12-8-11(16)5-6-13(12)15/h5-6,8-10,14,17H,2-4,7H2,1H3. The van der Waals surface area contributed by atoms with Crippen LogP contribution in [0.5, 0.6) is 0 Å². The first-order valence-electron chi connectivity index (χ1n) is 6.21. The van der Waals surface area contributed by atoms with Gasteiger partial charge < -0.3 is 5.11 Å². The fourth-order valence-electron chi connectivity index (χ4n) is 2.76. The molecule has 1 N–H and O–H groups in total. The van der Waals surface area contributed by atoms with E-state index in [1.165, 1.54) is 16.4 Å². The minimum Gasteiger partial charge on any atom is -0.388 e. The summed E-state index contributed by atoms with van der Waals surface area (Å²) in [6.45, 7) is 2.29. The Kier molecular flexibility index (Phi) is 4.89. The van der Waals surface area contributed by atoms with Crippen molar-refractivity contribution in [3.63, 3.8) is 0 Å². The first-order chi connectivity index (χ1) is 8.08. The molecule has 3 unspecified atom stereocenters. The molecule has 0 radical (unpaired) electrons. The Morgan fingerprint density at radius 2 is 2.18 bits per heavy atom. The second-order valence-electron chi connectivity index (χ2n) is 5.14. The van der Waals surface area contributed by atoms with Crippen molar-refractivity contribution in [2.75, 3.05) is 0 Å². The van der Waals surface area contributed by atoms with Crippen LogP contribution in [0.4, 0.5) is 0 Å². The van der Waals surface area contributed by atoms with E-state index in [-0.39, 0.29) is 6.10 Å². The van der Waals surface area contributed by atoms with E-state index in [9.17, 15) is 5.11 Å². The number of aliphatic hydroxyl groups excluding tert-OH is 1. The maximum absolute atomic E-state index is 10.5. The molecule has 1 aromatic rings. The zero-order valence-electron chi connectivity index (χ0n) is 10.00. The van der Waals surface area contributed by atoms with E-state index in [0.717, 1.165) is 28.8 Å². The molecule has 1 nitrogen and oxygen atoms in total. The number of aliphatic hydroxyl groups is 1. The van der Waals surface area contributed by atoms with Gasteiger partial charge in [0, 0.05) is 8.04 Å². The van der Waals surface area contributed by atoms with Gasteiger partial charge >= 0.3 is 0 Å². The quantitative estimate of drug-likeness (QED) is 0.689. The highest BCUT2D eigenvalue weighted by Gasteiger charge is 2.27. The summed E-state index contributed by atoms with van der Waals surface area (Å²) in [5, 5.41) is 10.5. The summed E-state index contributed by atoms with van der Waals surface area (Å²) >= 11 is 5.85. The highest BCUT2D eigenvalue weighted by atomic mass is 127. The number of rotatable bonds is 2. The van der Waals surface area contributed by atoms with Crippen LogP contribution in [-0.2, 0) is 0 Å². The summed E-state index contributed by atoms with van der Waals surface area (Å²) in [7, 11) is 0. The van der Waals surface area contributed by atoms with E-state index in [4.69, 9.17) is 0 Å². The third-order valence-corrected chi connectivity index (χ3v) is 5.09. The van der Waals surface area contributed by atoms with E-state index in [1.54, 1.807) is 0 Å². The number of hydrogen-bond donors (Lipinski definition) is 1. The summed E-state index contributed by atoms with van der Waals surface area (Å²) < 4.78 is 2.22. The van der Waals surface area contributed by atoms with Gasteiger partial charge in [0.1, 0.15) is 0 Å². The minimum atomic E-state index is -0.318. The summed E-state index contributed by atoms with van der Waals surface area (Å²) in [4.78, 5) is 0. The predicted octanol–water partition coefficient (Wildman–Crippen LogP) is 4.91. The van der Waals surface area contributed by atoms with E-state index >= 15 is 0 Å². The molecule has 0 bridgehead atoms. The van der Waals surface area contributed by atoms with Crippen LogP contribution >= 0.6 is 38.5 Å². The molecule has 0 heterocycles. The molecule has 1 saturated carbocycles. The molecule has 0 amide bonds. The summed E-state index contributed by atoms with van der Waals surface area (Å²) in [6.07, 6.45) is 4.56. The van der Waals surface area contributed by atoms with E-state index < -0.39 is 0 Å². The molecular weight excluding hydrogens is 391 g/mol. The Balaban J connectivity index is 2.18. The maximum Gasteiger partial charge on any atom is 0.0829 e. The zero-order chi connectivity index (χ0) is 12.4. The van der Waals surface area contributed by atoms with Gasteiger partial charge in [0.25, 0.3) is 0 Å². The summed E-state index contributed by atoms with van der Waals surface area (Å²) in [5.74, 6) is 1.18. The number of hydrogen-bond acceptors (Lipinski definition) is 1. The summed E-state index contributed by atoms with van der Waals surface area (Å²) in [6, 6.07) is 6.19. The second-order valence-corrected chi connectivity index (χ2v) is 7.24. The van der Waals surface area contributed by atoms with Crippen LogP contribution in [0.25, 0.3) is 0 Å². The minimum absolute atomic E-state index is 0.318. The molecule has 0 aromatic heterocycles. The predicted molar refractivity (Wildman–Crippen MR) is 82.9 cm³/mol.